The van der Waals surface area contributed by atoms with Crippen LogP contribution in [0.1, 0.15) is 5.56 Å². The fourth-order valence-electron chi connectivity index (χ4n) is 1.60. The van der Waals surface area contributed by atoms with Crippen LogP contribution in [0, 0.1) is 6.92 Å². The van der Waals surface area contributed by atoms with Crippen LogP contribution >= 0.6 is 11.6 Å². The molecule has 0 aliphatic carbocycles. The Morgan fingerprint density at radius 3 is 2.64 bits per heavy atom. The molecular weight excluding hydrogens is 196 g/mol. The second-order valence-corrected chi connectivity index (χ2v) is 3.59. The minimum absolute atomic E-state index is 0.259. The van der Waals surface area contributed by atoms with Crippen LogP contribution in [0.15, 0.2) is 30.3 Å². The second kappa shape index (κ2) is 3.50. The first-order valence-electron chi connectivity index (χ1n) is 4.41. The van der Waals surface area contributed by atoms with Crippen molar-refractivity contribution in [3.8, 4) is 5.75 Å². The number of halogens is 1. The highest BCUT2D eigenvalue weighted by Gasteiger charge is 2.04. The zero-order valence-corrected chi connectivity index (χ0v) is 8.38. The highest BCUT2D eigenvalue weighted by molar-refractivity contribution is 6.32. The highest BCUT2D eigenvalue weighted by atomic mass is 35.5. The molecule has 0 aromatic heterocycles. The zero-order chi connectivity index (χ0) is 10.1. The zero-order valence-electron chi connectivity index (χ0n) is 7.63. The van der Waals surface area contributed by atoms with E-state index in [0.29, 0.717) is 11.4 Å². The quantitative estimate of drug-likeness (QED) is 0.755. The van der Waals surface area contributed by atoms with Gasteiger partial charge in [0, 0.05) is 5.02 Å². The molecule has 0 spiro atoms. The average molecular weight is 206 g/mol. The number of benzene rings is 2. The smallest absolute Gasteiger partial charge is 0.116 e. The number of phenols is 1. The Balaban J connectivity index is 2.84. The first-order chi connectivity index (χ1) is 6.72. The van der Waals surface area contributed by atoms with Crippen LogP contribution in [0.2, 0.25) is 5.02 Å². The molecule has 14 heavy (non-hydrogen) atoms. The molecule has 0 fully saturated rings. The van der Waals surface area contributed by atoms with E-state index in [1.54, 1.807) is 12.1 Å². The molecule has 0 aliphatic rings. The van der Waals surface area contributed by atoms with Crippen molar-refractivity contribution in [2.24, 2.45) is 0 Å². The lowest BCUT2D eigenvalue weighted by Crippen LogP contribution is -1.85. The van der Waals surface area contributed by atoms with Gasteiger partial charge in [-0.2, -0.15) is 0 Å². The molecule has 0 heterocycles. The monoisotopic (exact) mass is 205 g/mol. The molecule has 0 saturated carbocycles. The maximum absolute atomic E-state index is 9.38. The van der Waals surface area contributed by atoms with Crippen LogP contribution in [-0.4, -0.2) is 5.11 Å². The molecule has 1 N–H and O–H groups in total. The predicted octanol–water partition coefficient (Wildman–Crippen LogP) is 3.58. The van der Waals surface area contributed by atoms with Gasteiger partial charge in [0.05, 0.1) is 0 Å². The number of phenolic OH excluding ortho intramolecular Hbond substituents is 1. The van der Waals surface area contributed by atoms with Crippen molar-refractivity contribution in [1.29, 1.82) is 0 Å². The second-order valence-electron chi connectivity index (χ2n) is 3.18. The number of hydrogen-bond donors (Lipinski definition) is 1. The summed E-state index contributed by atoms with van der Waals surface area (Å²) in [5.74, 6) is 0.259. The molecule has 0 amide bonds. The van der Waals surface area contributed by atoms with Crippen molar-refractivity contribution in [3.05, 3.63) is 47.8 Å². The van der Waals surface area contributed by atoms with Gasteiger partial charge in [-0.3, -0.25) is 0 Å². The standard InChI is InChI=1S/C12H10ClO/c1-2-10-11-7-9(14)5-3-8(11)4-6-12(10)13/h3-7,14H,1-2H2. The van der Waals surface area contributed by atoms with Crippen LogP contribution in [0.4, 0.5) is 0 Å². The van der Waals surface area contributed by atoms with Crippen molar-refractivity contribution in [1.82, 2.24) is 0 Å². The van der Waals surface area contributed by atoms with Gasteiger partial charge < -0.3 is 5.11 Å². The summed E-state index contributed by atoms with van der Waals surface area (Å²) in [5, 5.41) is 12.1. The number of aromatic hydroxyl groups is 1. The lowest BCUT2D eigenvalue weighted by Gasteiger charge is -2.06. The lowest BCUT2D eigenvalue weighted by molar-refractivity contribution is 0.476. The van der Waals surface area contributed by atoms with Crippen molar-refractivity contribution >= 4 is 22.4 Å². The van der Waals surface area contributed by atoms with Gasteiger partial charge in [0.25, 0.3) is 0 Å². The van der Waals surface area contributed by atoms with Crippen LogP contribution in [0.5, 0.6) is 5.75 Å². The van der Waals surface area contributed by atoms with Crippen molar-refractivity contribution in [3.63, 3.8) is 0 Å². The molecular formula is C12H10ClO. The molecule has 0 unspecified atom stereocenters. The third kappa shape index (κ3) is 1.44. The summed E-state index contributed by atoms with van der Waals surface area (Å²) in [6.07, 6.45) is 0.625. The molecule has 1 radical (unpaired) electrons. The van der Waals surface area contributed by atoms with E-state index in [1.807, 2.05) is 18.2 Å². The topological polar surface area (TPSA) is 20.2 Å². The van der Waals surface area contributed by atoms with Gasteiger partial charge in [-0.15, -0.1) is 0 Å². The average Bonchev–Trinajstić information content (AvgIpc) is 2.17. The van der Waals surface area contributed by atoms with E-state index in [4.69, 9.17) is 11.6 Å². The fraction of sp³-hybridized carbons (Fsp3) is 0.0833. The normalized spacial score (nSPS) is 10.7. The summed E-state index contributed by atoms with van der Waals surface area (Å²) < 4.78 is 0. The van der Waals surface area contributed by atoms with Crippen LogP contribution < -0.4 is 0 Å². The molecule has 2 aromatic rings. The maximum atomic E-state index is 9.38. The van der Waals surface area contributed by atoms with E-state index < -0.39 is 0 Å². The Hall–Kier alpha value is -1.21. The Kier molecular flexibility index (Phi) is 2.34. The van der Waals surface area contributed by atoms with Crippen molar-refractivity contribution in [2.75, 3.05) is 0 Å². The minimum Gasteiger partial charge on any atom is -0.508 e. The largest absolute Gasteiger partial charge is 0.508 e. The predicted molar refractivity (Wildman–Crippen MR) is 59.7 cm³/mol. The van der Waals surface area contributed by atoms with E-state index in [2.05, 4.69) is 6.92 Å². The van der Waals surface area contributed by atoms with Gasteiger partial charge >= 0.3 is 0 Å². The van der Waals surface area contributed by atoms with Gasteiger partial charge in [0.1, 0.15) is 5.75 Å². The molecule has 1 nitrogen and oxygen atoms in total. The number of hydrogen-bond acceptors (Lipinski definition) is 1. The van der Waals surface area contributed by atoms with Crippen LogP contribution in [-0.2, 0) is 6.42 Å². The summed E-state index contributed by atoms with van der Waals surface area (Å²) in [4.78, 5) is 0. The van der Waals surface area contributed by atoms with Gasteiger partial charge in [-0.05, 0) is 47.9 Å². The molecule has 2 aromatic carbocycles. The van der Waals surface area contributed by atoms with Crippen molar-refractivity contribution in [2.45, 2.75) is 6.42 Å². The van der Waals surface area contributed by atoms with Gasteiger partial charge in [0.2, 0.25) is 0 Å². The molecule has 0 saturated heterocycles. The number of fused-ring (bicyclic) bond motifs is 1. The Morgan fingerprint density at radius 1 is 1.21 bits per heavy atom. The van der Waals surface area contributed by atoms with Crippen molar-refractivity contribution < 1.29 is 5.11 Å². The van der Waals surface area contributed by atoms with Gasteiger partial charge in [0.15, 0.2) is 0 Å². The number of rotatable bonds is 1. The summed E-state index contributed by atoms with van der Waals surface area (Å²) in [6, 6.07) is 9.07. The third-order valence-corrected chi connectivity index (χ3v) is 2.66. The first-order valence-corrected chi connectivity index (χ1v) is 4.79. The van der Waals surface area contributed by atoms with Gasteiger partial charge in [-0.25, -0.2) is 0 Å². The summed E-state index contributed by atoms with van der Waals surface area (Å²) in [5.41, 5.74) is 0.986. The SMILES string of the molecule is [CH2]Cc1c(Cl)ccc2ccc(O)cc12. The summed E-state index contributed by atoms with van der Waals surface area (Å²) >= 11 is 6.03. The maximum Gasteiger partial charge on any atom is 0.116 e. The molecule has 0 atom stereocenters. The Bertz CT molecular complexity index is 472. The van der Waals surface area contributed by atoms with E-state index in [1.165, 1.54) is 0 Å². The fourth-order valence-corrected chi connectivity index (χ4v) is 1.86. The molecule has 71 valence electrons. The summed E-state index contributed by atoms with van der Waals surface area (Å²) in [6.45, 7) is 3.83. The minimum atomic E-state index is 0.259. The third-order valence-electron chi connectivity index (χ3n) is 2.31. The highest BCUT2D eigenvalue weighted by Crippen LogP contribution is 2.28. The molecule has 2 heteroatoms. The first kappa shape index (κ1) is 9.35. The van der Waals surface area contributed by atoms with Crippen LogP contribution in [0.25, 0.3) is 10.8 Å². The molecule has 2 rings (SSSR count). The summed E-state index contributed by atoms with van der Waals surface area (Å²) in [7, 11) is 0. The molecule has 0 aliphatic heterocycles. The molecule has 0 bridgehead atoms. The van der Waals surface area contributed by atoms with E-state index in [9.17, 15) is 5.11 Å². The van der Waals surface area contributed by atoms with E-state index in [-0.39, 0.29) is 5.75 Å². The van der Waals surface area contributed by atoms with E-state index in [0.717, 1.165) is 16.3 Å². The van der Waals surface area contributed by atoms with E-state index >= 15 is 0 Å². The van der Waals surface area contributed by atoms with Gasteiger partial charge in [-0.1, -0.05) is 23.7 Å². The Labute approximate surface area is 87.9 Å². The lowest BCUT2D eigenvalue weighted by atomic mass is 10.0. The Morgan fingerprint density at radius 2 is 1.93 bits per heavy atom. The van der Waals surface area contributed by atoms with Crippen LogP contribution in [0.3, 0.4) is 0 Å².